The standard InChI is InChI=1S/C17H25NO3S2/c1-12(2)10-17(20-8-9-21-17)15(16(18)19)23-14(11-22)13-6-4-3-5-7-13/h3-7,12,14-15,22H,8-11H2,1-2H3,(H2,18,19)/t14?,15-/m0/s1. The third-order valence-corrected chi connectivity index (χ3v) is 6.01. The highest BCUT2D eigenvalue weighted by Gasteiger charge is 2.49. The van der Waals surface area contributed by atoms with Gasteiger partial charge in [0.1, 0.15) is 5.25 Å². The molecule has 1 saturated heterocycles. The molecule has 1 aliphatic heterocycles. The Labute approximate surface area is 147 Å². The van der Waals surface area contributed by atoms with E-state index in [0.717, 1.165) is 5.56 Å². The number of amides is 1. The van der Waals surface area contributed by atoms with Crippen LogP contribution in [0.3, 0.4) is 0 Å². The minimum atomic E-state index is -0.930. The lowest BCUT2D eigenvalue weighted by atomic mass is 9.99. The summed E-state index contributed by atoms with van der Waals surface area (Å²) in [7, 11) is 0. The van der Waals surface area contributed by atoms with Crippen molar-refractivity contribution in [3.63, 3.8) is 0 Å². The number of hydrogen-bond acceptors (Lipinski definition) is 5. The zero-order valence-corrected chi connectivity index (χ0v) is 15.3. The molecule has 1 aliphatic rings. The van der Waals surface area contributed by atoms with Gasteiger partial charge < -0.3 is 15.2 Å². The fourth-order valence-electron chi connectivity index (χ4n) is 2.86. The predicted molar refractivity (Wildman–Crippen MR) is 97.7 cm³/mol. The Balaban J connectivity index is 2.24. The molecule has 1 amide bonds. The van der Waals surface area contributed by atoms with E-state index in [1.165, 1.54) is 11.8 Å². The molecule has 0 bridgehead atoms. The van der Waals surface area contributed by atoms with E-state index in [9.17, 15) is 4.79 Å². The van der Waals surface area contributed by atoms with Gasteiger partial charge in [0.15, 0.2) is 5.79 Å². The Morgan fingerprint density at radius 3 is 2.39 bits per heavy atom. The summed E-state index contributed by atoms with van der Waals surface area (Å²) in [4.78, 5) is 12.2. The van der Waals surface area contributed by atoms with Gasteiger partial charge in [-0.1, -0.05) is 44.2 Å². The first-order valence-electron chi connectivity index (χ1n) is 7.87. The number of primary amides is 1. The molecule has 4 nitrogen and oxygen atoms in total. The van der Waals surface area contributed by atoms with Crippen LogP contribution in [0.15, 0.2) is 30.3 Å². The van der Waals surface area contributed by atoms with E-state index in [0.29, 0.717) is 31.3 Å². The van der Waals surface area contributed by atoms with Gasteiger partial charge in [-0.15, -0.1) is 11.8 Å². The number of nitrogens with two attached hydrogens (primary N) is 1. The van der Waals surface area contributed by atoms with Crippen molar-refractivity contribution in [2.45, 2.75) is 36.6 Å². The maximum atomic E-state index is 12.2. The summed E-state index contributed by atoms with van der Waals surface area (Å²) < 4.78 is 11.8. The van der Waals surface area contributed by atoms with Crippen LogP contribution in [-0.2, 0) is 14.3 Å². The van der Waals surface area contributed by atoms with Crippen LogP contribution in [-0.4, -0.2) is 35.9 Å². The predicted octanol–water partition coefficient (Wildman–Crippen LogP) is 3.03. The van der Waals surface area contributed by atoms with Crippen molar-refractivity contribution in [2.24, 2.45) is 11.7 Å². The summed E-state index contributed by atoms with van der Waals surface area (Å²) in [5.41, 5.74) is 6.84. The van der Waals surface area contributed by atoms with Gasteiger partial charge in [0.2, 0.25) is 5.91 Å². The van der Waals surface area contributed by atoms with Crippen molar-refractivity contribution >= 4 is 30.3 Å². The molecule has 1 aromatic rings. The van der Waals surface area contributed by atoms with E-state index in [1.807, 2.05) is 30.3 Å². The summed E-state index contributed by atoms with van der Waals surface area (Å²) in [6.45, 7) is 5.16. The average molecular weight is 356 g/mol. The molecule has 2 N–H and O–H groups in total. The van der Waals surface area contributed by atoms with E-state index in [2.05, 4.69) is 26.5 Å². The number of rotatable bonds is 8. The molecular formula is C17H25NO3S2. The van der Waals surface area contributed by atoms with Gasteiger partial charge in [-0.3, -0.25) is 4.79 Å². The van der Waals surface area contributed by atoms with Gasteiger partial charge in [-0.25, -0.2) is 0 Å². The Morgan fingerprint density at radius 2 is 1.91 bits per heavy atom. The summed E-state index contributed by atoms with van der Waals surface area (Å²) in [5, 5.41) is -0.515. The summed E-state index contributed by atoms with van der Waals surface area (Å²) in [6.07, 6.45) is 0.641. The highest BCUT2D eigenvalue weighted by Crippen LogP contribution is 2.43. The third-order valence-electron chi connectivity index (χ3n) is 3.76. The summed E-state index contributed by atoms with van der Waals surface area (Å²) >= 11 is 5.94. The van der Waals surface area contributed by atoms with Gasteiger partial charge in [0.05, 0.1) is 13.2 Å². The Bertz CT molecular complexity index is 504. The first-order chi connectivity index (χ1) is 11.0. The number of thiol groups is 1. The highest BCUT2D eigenvalue weighted by atomic mass is 32.2. The molecule has 23 heavy (non-hydrogen) atoms. The molecule has 0 saturated carbocycles. The number of carbonyl (C=O) groups is 1. The Hall–Kier alpha value is -0.690. The topological polar surface area (TPSA) is 61.6 Å². The maximum absolute atomic E-state index is 12.2. The van der Waals surface area contributed by atoms with E-state index in [1.54, 1.807) is 0 Å². The molecule has 2 rings (SSSR count). The van der Waals surface area contributed by atoms with Crippen LogP contribution in [0.25, 0.3) is 0 Å². The first-order valence-corrected chi connectivity index (χ1v) is 9.44. The number of hydrogen-bond donors (Lipinski definition) is 2. The minimum absolute atomic E-state index is 0.0499. The third kappa shape index (κ3) is 4.66. The summed E-state index contributed by atoms with van der Waals surface area (Å²) in [5.74, 6) is -0.390. The average Bonchev–Trinajstić information content (AvgIpc) is 2.97. The van der Waals surface area contributed by atoms with E-state index in [-0.39, 0.29) is 5.25 Å². The number of ether oxygens (including phenoxy) is 2. The monoisotopic (exact) mass is 355 g/mol. The van der Waals surface area contributed by atoms with Gasteiger partial charge in [-0.05, 0) is 11.5 Å². The van der Waals surface area contributed by atoms with Crippen molar-refractivity contribution in [1.82, 2.24) is 0 Å². The molecule has 0 aromatic heterocycles. The van der Waals surface area contributed by atoms with Gasteiger partial charge in [0, 0.05) is 17.4 Å². The van der Waals surface area contributed by atoms with Crippen molar-refractivity contribution < 1.29 is 14.3 Å². The molecule has 1 aromatic carbocycles. The lowest BCUT2D eigenvalue weighted by Gasteiger charge is -2.36. The van der Waals surface area contributed by atoms with Crippen molar-refractivity contribution in [1.29, 1.82) is 0 Å². The Morgan fingerprint density at radius 1 is 1.30 bits per heavy atom. The van der Waals surface area contributed by atoms with Crippen LogP contribution in [0.1, 0.15) is 31.1 Å². The molecule has 6 heteroatoms. The molecular weight excluding hydrogens is 330 g/mol. The normalized spacial score (nSPS) is 19.7. The minimum Gasteiger partial charge on any atom is -0.369 e. The fraction of sp³-hybridized carbons (Fsp3) is 0.588. The smallest absolute Gasteiger partial charge is 0.236 e. The van der Waals surface area contributed by atoms with E-state index < -0.39 is 16.9 Å². The van der Waals surface area contributed by atoms with Crippen LogP contribution < -0.4 is 5.73 Å². The van der Waals surface area contributed by atoms with Crippen LogP contribution >= 0.6 is 24.4 Å². The van der Waals surface area contributed by atoms with Crippen molar-refractivity contribution in [3.05, 3.63) is 35.9 Å². The second-order valence-electron chi connectivity index (χ2n) is 6.11. The van der Waals surface area contributed by atoms with Crippen molar-refractivity contribution in [3.8, 4) is 0 Å². The molecule has 1 fully saturated rings. The molecule has 0 aliphatic carbocycles. The lowest BCUT2D eigenvalue weighted by Crippen LogP contribution is -2.50. The molecule has 128 valence electrons. The first kappa shape index (κ1) is 18.6. The highest BCUT2D eigenvalue weighted by molar-refractivity contribution is 8.01. The number of benzene rings is 1. The molecule has 1 heterocycles. The zero-order valence-electron chi connectivity index (χ0n) is 13.6. The summed E-state index contributed by atoms with van der Waals surface area (Å²) in [6, 6.07) is 10.0. The molecule has 2 atom stereocenters. The lowest BCUT2D eigenvalue weighted by molar-refractivity contribution is -0.172. The second kappa shape index (κ2) is 8.42. The van der Waals surface area contributed by atoms with Gasteiger partial charge in [0.25, 0.3) is 0 Å². The van der Waals surface area contributed by atoms with Crippen LogP contribution in [0.2, 0.25) is 0 Å². The quantitative estimate of drug-likeness (QED) is 0.704. The molecule has 0 radical (unpaired) electrons. The molecule has 0 spiro atoms. The number of carbonyl (C=O) groups excluding carboxylic acids is 1. The fourth-order valence-corrected chi connectivity index (χ4v) is 4.63. The SMILES string of the molecule is CC(C)CC1([C@@H](SC(CS)c2ccccc2)C(N)=O)OCCO1. The van der Waals surface area contributed by atoms with E-state index >= 15 is 0 Å². The van der Waals surface area contributed by atoms with Crippen LogP contribution in [0, 0.1) is 5.92 Å². The Kier molecular flexibility index (Phi) is 6.83. The molecule has 1 unspecified atom stereocenters. The van der Waals surface area contributed by atoms with Crippen molar-refractivity contribution in [2.75, 3.05) is 19.0 Å². The maximum Gasteiger partial charge on any atom is 0.236 e. The van der Waals surface area contributed by atoms with E-state index in [4.69, 9.17) is 15.2 Å². The second-order valence-corrected chi connectivity index (χ2v) is 7.78. The number of thioether (sulfide) groups is 1. The van der Waals surface area contributed by atoms with Gasteiger partial charge >= 0.3 is 0 Å². The van der Waals surface area contributed by atoms with Crippen LogP contribution in [0.4, 0.5) is 0 Å². The van der Waals surface area contributed by atoms with Crippen LogP contribution in [0.5, 0.6) is 0 Å². The largest absolute Gasteiger partial charge is 0.369 e. The van der Waals surface area contributed by atoms with Gasteiger partial charge in [-0.2, -0.15) is 12.6 Å². The zero-order chi connectivity index (χ0) is 16.9.